The number of cyclic esters (lactones) is 1. The van der Waals surface area contributed by atoms with Crippen LogP contribution in [0.2, 0.25) is 0 Å². The summed E-state index contributed by atoms with van der Waals surface area (Å²) in [6.45, 7) is 2.76. The molecule has 0 bridgehead atoms. The molecule has 3 atom stereocenters. The topological polar surface area (TPSA) is 26.3 Å². The van der Waals surface area contributed by atoms with Gasteiger partial charge in [0.25, 0.3) is 0 Å². The standard InChI is InChI=1S/C14H16O2/c1-2-5-11-9-6-3-4-7-10(9)12-8-16-14(15)13(11)12/h3-4,6-7,11-13H,2,5,8H2,1H3/t11-,12-,13+/m1/s1. The second-order valence-corrected chi connectivity index (χ2v) is 4.79. The molecule has 1 heterocycles. The summed E-state index contributed by atoms with van der Waals surface area (Å²) >= 11 is 0. The Morgan fingerprint density at radius 3 is 2.81 bits per heavy atom. The lowest BCUT2D eigenvalue weighted by Crippen LogP contribution is -2.16. The predicted molar refractivity (Wildman–Crippen MR) is 61.3 cm³/mol. The van der Waals surface area contributed by atoms with Gasteiger partial charge in [0.1, 0.15) is 0 Å². The van der Waals surface area contributed by atoms with E-state index in [0.29, 0.717) is 18.4 Å². The van der Waals surface area contributed by atoms with E-state index in [2.05, 4.69) is 31.2 Å². The molecule has 1 aromatic rings. The van der Waals surface area contributed by atoms with E-state index in [4.69, 9.17) is 4.74 Å². The van der Waals surface area contributed by atoms with E-state index in [1.165, 1.54) is 11.1 Å². The fraction of sp³-hybridized carbons (Fsp3) is 0.500. The molecule has 3 rings (SSSR count). The van der Waals surface area contributed by atoms with Crippen LogP contribution in [0.4, 0.5) is 0 Å². The average molecular weight is 216 g/mol. The molecule has 2 heteroatoms. The quantitative estimate of drug-likeness (QED) is 0.710. The van der Waals surface area contributed by atoms with Crippen LogP contribution in [0, 0.1) is 5.92 Å². The highest BCUT2D eigenvalue weighted by Gasteiger charge is 2.49. The van der Waals surface area contributed by atoms with Crippen LogP contribution in [0.1, 0.15) is 42.7 Å². The molecule has 0 radical (unpaired) electrons. The maximum Gasteiger partial charge on any atom is 0.310 e. The monoisotopic (exact) mass is 216 g/mol. The molecule has 2 nitrogen and oxygen atoms in total. The third kappa shape index (κ3) is 1.22. The van der Waals surface area contributed by atoms with Crippen molar-refractivity contribution in [1.82, 2.24) is 0 Å². The predicted octanol–water partition coefficient (Wildman–Crippen LogP) is 2.84. The molecule has 0 saturated carbocycles. The van der Waals surface area contributed by atoms with Gasteiger partial charge in [-0.1, -0.05) is 37.6 Å². The molecule has 2 aliphatic rings. The molecule has 16 heavy (non-hydrogen) atoms. The molecule has 1 aromatic carbocycles. The summed E-state index contributed by atoms with van der Waals surface area (Å²) in [6.07, 6.45) is 2.21. The molecule has 1 saturated heterocycles. The Morgan fingerprint density at radius 1 is 1.31 bits per heavy atom. The zero-order valence-electron chi connectivity index (χ0n) is 9.48. The van der Waals surface area contributed by atoms with Crippen LogP contribution in [-0.2, 0) is 9.53 Å². The van der Waals surface area contributed by atoms with Gasteiger partial charge < -0.3 is 4.74 Å². The van der Waals surface area contributed by atoms with Crippen LogP contribution in [0.5, 0.6) is 0 Å². The number of hydrogen-bond donors (Lipinski definition) is 0. The second-order valence-electron chi connectivity index (χ2n) is 4.79. The zero-order chi connectivity index (χ0) is 11.1. The van der Waals surface area contributed by atoms with Gasteiger partial charge >= 0.3 is 5.97 Å². The van der Waals surface area contributed by atoms with Crippen LogP contribution >= 0.6 is 0 Å². The van der Waals surface area contributed by atoms with Gasteiger partial charge in [-0.2, -0.15) is 0 Å². The number of rotatable bonds is 2. The Bertz CT molecular complexity index is 424. The Hall–Kier alpha value is -1.31. The number of ether oxygens (including phenoxy) is 1. The largest absolute Gasteiger partial charge is 0.465 e. The van der Waals surface area contributed by atoms with Crippen LogP contribution in [-0.4, -0.2) is 12.6 Å². The highest BCUT2D eigenvalue weighted by atomic mass is 16.5. The molecule has 0 spiro atoms. The van der Waals surface area contributed by atoms with Crippen molar-refractivity contribution < 1.29 is 9.53 Å². The maximum absolute atomic E-state index is 11.8. The normalized spacial score (nSPS) is 31.1. The molecular weight excluding hydrogens is 200 g/mol. The van der Waals surface area contributed by atoms with Crippen molar-refractivity contribution in [3.63, 3.8) is 0 Å². The SMILES string of the molecule is CCC[C@@H]1c2ccccc2[C@H]2COC(=O)[C@@H]12. The number of hydrogen-bond acceptors (Lipinski definition) is 2. The van der Waals surface area contributed by atoms with E-state index < -0.39 is 0 Å². The first-order chi connectivity index (χ1) is 7.83. The minimum Gasteiger partial charge on any atom is -0.465 e. The molecular formula is C14H16O2. The van der Waals surface area contributed by atoms with Crippen LogP contribution in [0.15, 0.2) is 24.3 Å². The highest BCUT2D eigenvalue weighted by molar-refractivity contribution is 5.79. The number of carbonyl (C=O) groups is 1. The average Bonchev–Trinajstić information content (AvgIpc) is 2.81. The van der Waals surface area contributed by atoms with Gasteiger partial charge in [-0.3, -0.25) is 4.79 Å². The van der Waals surface area contributed by atoms with Crippen molar-refractivity contribution in [3.8, 4) is 0 Å². The minimum absolute atomic E-state index is 0.0136. The summed E-state index contributed by atoms with van der Waals surface area (Å²) in [5.74, 6) is 0.818. The molecule has 84 valence electrons. The first-order valence-corrected chi connectivity index (χ1v) is 6.08. The van der Waals surface area contributed by atoms with Crippen molar-refractivity contribution in [2.45, 2.75) is 31.6 Å². The Labute approximate surface area is 95.6 Å². The number of esters is 1. The van der Waals surface area contributed by atoms with Gasteiger partial charge in [-0.05, 0) is 23.5 Å². The summed E-state index contributed by atoms with van der Waals surface area (Å²) in [5.41, 5.74) is 2.73. The van der Waals surface area contributed by atoms with E-state index in [0.717, 1.165) is 12.8 Å². The van der Waals surface area contributed by atoms with Crippen molar-refractivity contribution >= 4 is 5.97 Å². The number of benzene rings is 1. The van der Waals surface area contributed by atoms with Crippen molar-refractivity contribution in [2.75, 3.05) is 6.61 Å². The van der Waals surface area contributed by atoms with Gasteiger partial charge in [0.2, 0.25) is 0 Å². The summed E-state index contributed by atoms with van der Waals surface area (Å²) in [4.78, 5) is 11.8. The lowest BCUT2D eigenvalue weighted by Gasteiger charge is -2.15. The fourth-order valence-corrected chi connectivity index (χ4v) is 3.29. The lowest BCUT2D eigenvalue weighted by atomic mass is 9.86. The number of fused-ring (bicyclic) bond motifs is 3. The van der Waals surface area contributed by atoms with Crippen molar-refractivity contribution in [1.29, 1.82) is 0 Å². The third-order valence-electron chi connectivity index (χ3n) is 3.94. The van der Waals surface area contributed by atoms with Crippen molar-refractivity contribution in [2.24, 2.45) is 5.92 Å². The second kappa shape index (κ2) is 3.62. The first-order valence-electron chi connectivity index (χ1n) is 6.08. The van der Waals surface area contributed by atoms with Crippen LogP contribution in [0.3, 0.4) is 0 Å². The highest BCUT2D eigenvalue weighted by Crippen LogP contribution is 2.51. The summed E-state index contributed by atoms with van der Waals surface area (Å²) in [7, 11) is 0. The van der Waals surface area contributed by atoms with E-state index >= 15 is 0 Å². The zero-order valence-corrected chi connectivity index (χ0v) is 9.48. The van der Waals surface area contributed by atoms with Crippen LogP contribution < -0.4 is 0 Å². The lowest BCUT2D eigenvalue weighted by molar-refractivity contribution is -0.141. The summed E-state index contributed by atoms with van der Waals surface area (Å²) in [5, 5.41) is 0. The Morgan fingerprint density at radius 2 is 2.06 bits per heavy atom. The van der Waals surface area contributed by atoms with Crippen molar-refractivity contribution in [3.05, 3.63) is 35.4 Å². The van der Waals surface area contributed by atoms with Gasteiger partial charge in [0, 0.05) is 5.92 Å². The summed E-state index contributed by atoms with van der Waals surface area (Å²) < 4.78 is 5.21. The van der Waals surface area contributed by atoms with Gasteiger partial charge in [-0.25, -0.2) is 0 Å². The molecule has 0 N–H and O–H groups in total. The van der Waals surface area contributed by atoms with E-state index in [9.17, 15) is 4.79 Å². The molecule has 0 amide bonds. The number of carbonyl (C=O) groups excluding carboxylic acids is 1. The summed E-state index contributed by atoms with van der Waals surface area (Å²) in [6, 6.07) is 8.48. The van der Waals surface area contributed by atoms with E-state index in [1.54, 1.807) is 0 Å². The molecule has 0 unspecified atom stereocenters. The molecule has 0 aromatic heterocycles. The first kappa shape index (κ1) is 9.88. The van der Waals surface area contributed by atoms with Gasteiger partial charge in [0.15, 0.2) is 0 Å². The van der Waals surface area contributed by atoms with E-state index in [-0.39, 0.29) is 11.9 Å². The van der Waals surface area contributed by atoms with Gasteiger partial charge in [-0.15, -0.1) is 0 Å². The maximum atomic E-state index is 11.8. The molecule has 1 aliphatic heterocycles. The smallest absolute Gasteiger partial charge is 0.310 e. The van der Waals surface area contributed by atoms with Gasteiger partial charge in [0.05, 0.1) is 12.5 Å². The van der Waals surface area contributed by atoms with Crippen LogP contribution in [0.25, 0.3) is 0 Å². The van der Waals surface area contributed by atoms with E-state index in [1.807, 2.05) is 0 Å². The molecule has 1 aliphatic carbocycles. The Balaban J connectivity index is 2.06. The minimum atomic E-state index is 0.0136. The Kier molecular flexibility index (Phi) is 2.23. The third-order valence-corrected chi connectivity index (χ3v) is 3.94. The fourth-order valence-electron chi connectivity index (χ4n) is 3.29. The molecule has 1 fully saturated rings.